The first-order valence-electron chi connectivity index (χ1n) is 6.40. The van der Waals surface area contributed by atoms with Gasteiger partial charge < -0.3 is 10.1 Å². The normalized spacial score (nSPS) is 12.4. The van der Waals surface area contributed by atoms with Crippen LogP contribution >= 0.6 is 11.3 Å². The van der Waals surface area contributed by atoms with Crippen molar-refractivity contribution in [1.82, 2.24) is 10.3 Å². The number of thiazole rings is 1. The molecule has 0 bridgehead atoms. The van der Waals surface area contributed by atoms with Crippen LogP contribution in [0.2, 0.25) is 0 Å². The molecule has 0 aliphatic rings. The number of ether oxygens (including phenoxy) is 1. The molecule has 0 saturated carbocycles. The monoisotopic (exact) mass is 276 g/mol. The number of rotatable bonds is 5. The van der Waals surface area contributed by atoms with Gasteiger partial charge in [-0.05, 0) is 38.6 Å². The number of nitrogens with zero attached hydrogens (tertiary/aromatic N) is 1. The molecule has 1 atom stereocenters. The lowest BCUT2D eigenvalue weighted by molar-refractivity contribution is 0.414. The lowest BCUT2D eigenvalue weighted by Crippen LogP contribution is -2.11. The van der Waals surface area contributed by atoms with Crippen molar-refractivity contribution in [3.8, 4) is 5.75 Å². The molecule has 1 aromatic heterocycles. The van der Waals surface area contributed by atoms with E-state index in [4.69, 9.17) is 4.74 Å². The first kappa shape index (κ1) is 14.0. The van der Waals surface area contributed by atoms with Gasteiger partial charge in [0, 0.05) is 17.3 Å². The summed E-state index contributed by atoms with van der Waals surface area (Å²) in [5.74, 6) is 0.892. The number of benzene rings is 1. The lowest BCUT2D eigenvalue weighted by Gasteiger charge is -2.07. The minimum absolute atomic E-state index is 0.363. The Balaban J connectivity index is 2.14. The maximum absolute atomic E-state index is 5.17. The van der Waals surface area contributed by atoms with Gasteiger partial charge in [-0.25, -0.2) is 4.98 Å². The number of hydrogen-bond acceptors (Lipinski definition) is 4. The van der Waals surface area contributed by atoms with Gasteiger partial charge >= 0.3 is 0 Å². The van der Waals surface area contributed by atoms with Crippen LogP contribution in [0.1, 0.15) is 34.1 Å². The maximum Gasteiger partial charge on any atom is 0.118 e. The van der Waals surface area contributed by atoms with E-state index in [1.807, 2.05) is 19.2 Å². The number of methoxy groups -OCH3 is 1. The fourth-order valence-electron chi connectivity index (χ4n) is 1.99. The van der Waals surface area contributed by atoms with Crippen molar-refractivity contribution in [3.05, 3.63) is 45.4 Å². The lowest BCUT2D eigenvalue weighted by atomic mass is 10.1. The quantitative estimate of drug-likeness (QED) is 0.909. The molecule has 0 fully saturated rings. The van der Waals surface area contributed by atoms with Gasteiger partial charge in [-0.2, -0.15) is 0 Å². The van der Waals surface area contributed by atoms with Gasteiger partial charge in [0.1, 0.15) is 5.75 Å². The first-order chi connectivity index (χ1) is 9.13. The molecule has 1 heterocycles. The molecule has 102 valence electrons. The Morgan fingerprint density at radius 2 is 2.00 bits per heavy atom. The SMILES string of the molecule is CNC(C)c1sc(Cc2ccc(OC)cc2)nc1C. The van der Waals surface area contributed by atoms with E-state index in [1.54, 1.807) is 18.4 Å². The number of hydrogen-bond donors (Lipinski definition) is 1. The molecule has 19 heavy (non-hydrogen) atoms. The van der Waals surface area contributed by atoms with E-state index in [0.717, 1.165) is 17.9 Å². The van der Waals surface area contributed by atoms with Crippen molar-refractivity contribution in [1.29, 1.82) is 0 Å². The molecule has 3 nitrogen and oxygen atoms in total. The van der Waals surface area contributed by atoms with Crippen molar-refractivity contribution >= 4 is 11.3 Å². The minimum atomic E-state index is 0.363. The Labute approximate surface area is 118 Å². The van der Waals surface area contributed by atoms with E-state index >= 15 is 0 Å². The van der Waals surface area contributed by atoms with E-state index in [9.17, 15) is 0 Å². The van der Waals surface area contributed by atoms with E-state index in [1.165, 1.54) is 15.4 Å². The Hall–Kier alpha value is -1.39. The van der Waals surface area contributed by atoms with E-state index in [0.29, 0.717) is 6.04 Å². The summed E-state index contributed by atoms with van der Waals surface area (Å²) in [5, 5.41) is 4.43. The zero-order chi connectivity index (χ0) is 13.8. The van der Waals surface area contributed by atoms with Gasteiger partial charge in [0.2, 0.25) is 0 Å². The molecule has 0 aliphatic carbocycles. The first-order valence-corrected chi connectivity index (χ1v) is 7.22. The third-order valence-corrected chi connectivity index (χ3v) is 4.56. The standard InChI is InChI=1S/C15H20N2OS/c1-10(16-3)15-11(2)17-14(19-15)9-12-5-7-13(18-4)8-6-12/h5-8,10,16H,9H2,1-4H3. The fourth-order valence-corrected chi connectivity index (χ4v) is 3.16. The molecular weight excluding hydrogens is 256 g/mol. The summed E-state index contributed by atoms with van der Waals surface area (Å²) in [5.41, 5.74) is 2.40. The third-order valence-electron chi connectivity index (χ3n) is 3.22. The molecule has 0 spiro atoms. The molecule has 1 unspecified atom stereocenters. The summed E-state index contributed by atoms with van der Waals surface area (Å²) >= 11 is 1.79. The molecule has 1 aromatic carbocycles. The van der Waals surface area contributed by atoms with Crippen molar-refractivity contribution in [2.24, 2.45) is 0 Å². The third kappa shape index (κ3) is 3.33. The van der Waals surface area contributed by atoms with Crippen LogP contribution in [0.25, 0.3) is 0 Å². The summed E-state index contributed by atoms with van der Waals surface area (Å²) in [4.78, 5) is 5.99. The van der Waals surface area contributed by atoms with Crippen molar-refractivity contribution in [3.63, 3.8) is 0 Å². The van der Waals surface area contributed by atoms with Gasteiger partial charge in [0.25, 0.3) is 0 Å². The molecule has 0 radical (unpaired) electrons. The molecule has 0 aliphatic heterocycles. The molecule has 0 amide bonds. The largest absolute Gasteiger partial charge is 0.497 e. The highest BCUT2D eigenvalue weighted by Gasteiger charge is 2.12. The minimum Gasteiger partial charge on any atom is -0.497 e. The summed E-state index contributed by atoms with van der Waals surface area (Å²) < 4.78 is 5.17. The zero-order valence-corrected chi connectivity index (χ0v) is 12.7. The molecule has 0 saturated heterocycles. The summed E-state index contributed by atoms with van der Waals surface area (Å²) in [7, 11) is 3.66. The highest BCUT2D eigenvalue weighted by atomic mass is 32.1. The summed E-state index contributed by atoms with van der Waals surface area (Å²) in [6, 6.07) is 8.54. The van der Waals surface area contributed by atoms with Crippen LogP contribution in [0.4, 0.5) is 0 Å². The fraction of sp³-hybridized carbons (Fsp3) is 0.400. The van der Waals surface area contributed by atoms with Crippen molar-refractivity contribution in [2.75, 3.05) is 14.2 Å². The van der Waals surface area contributed by atoms with Gasteiger partial charge in [-0.1, -0.05) is 12.1 Å². The maximum atomic E-state index is 5.17. The van der Waals surface area contributed by atoms with Crippen LogP contribution in [0, 0.1) is 6.92 Å². The topological polar surface area (TPSA) is 34.1 Å². The van der Waals surface area contributed by atoms with Crippen LogP contribution in [0.15, 0.2) is 24.3 Å². The number of aryl methyl sites for hydroxylation is 1. The van der Waals surface area contributed by atoms with E-state index in [2.05, 4.69) is 36.3 Å². The van der Waals surface area contributed by atoms with Crippen molar-refractivity contribution < 1.29 is 4.74 Å². The summed E-state index contributed by atoms with van der Waals surface area (Å²) in [6.07, 6.45) is 0.881. The Morgan fingerprint density at radius 1 is 1.32 bits per heavy atom. The highest BCUT2D eigenvalue weighted by molar-refractivity contribution is 7.11. The second-order valence-corrected chi connectivity index (χ2v) is 5.71. The van der Waals surface area contributed by atoms with Crippen LogP contribution in [-0.4, -0.2) is 19.1 Å². The molecule has 2 rings (SSSR count). The Bertz CT molecular complexity index is 534. The Kier molecular flexibility index (Phi) is 4.56. The smallest absolute Gasteiger partial charge is 0.118 e. The predicted molar refractivity (Wildman–Crippen MR) is 80.1 cm³/mol. The van der Waals surface area contributed by atoms with Crippen molar-refractivity contribution in [2.45, 2.75) is 26.3 Å². The predicted octanol–water partition coefficient (Wildman–Crippen LogP) is 3.33. The van der Waals surface area contributed by atoms with E-state index < -0.39 is 0 Å². The van der Waals surface area contributed by atoms with Crippen LogP contribution in [0.5, 0.6) is 5.75 Å². The van der Waals surface area contributed by atoms with Crippen LogP contribution in [-0.2, 0) is 6.42 Å². The van der Waals surface area contributed by atoms with Gasteiger partial charge in [0.15, 0.2) is 0 Å². The average molecular weight is 276 g/mol. The highest BCUT2D eigenvalue weighted by Crippen LogP contribution is 2.26. The molecule has 1 N–H and O–H groups in total. The van der Waals surface area contributed by atoms with Gasteiger partial charge in [-0.15, -0.1) is 11.3 Å². The van der Waals surface area contributed by atoms with Gasteiger partial charge in [-0.3, -0.25) is 0 Å². The number of aromatic nitrogens is 1. The summed E-state index contributed by atoms with van der Waals surface area (Å²) in [6.45, 7) is 4.24. The Morgan fingerprint density at radius 3 is 2.58 bits per heavy atom. The van der Waals surface area contributed by atoms with Crippen LogP contribution < -0.4 is 10.1 Å². The number of nitrogens with one attached hydrogen (secondary N) is 1. The van der Waals surface area contributed by atoms with Gasteiger partial charge in [0.05, 0.1) is 17.8 Å². The van der Waals surface area contributed by atoms with E-state index in [-0.39, 0.29) is 0 Å². The second-order valence-electron chi connectivity index (χ2n) is 4.59. The molecule has 4 heteroatoms. The molecular formula is C15H20N2OS. The second kappa shape index (κ2) is 6.17. The molecule has 2 aromatic rings. The zero-order valence-electron chi connectivity index (χ0n) is 11.9. The van der Waals surface area contributed by atoms with Crippen LogP contribution in [0.3, 0.4) is 0 Å². The average Bonchev–Trinajstić information content (AvgIpc) is 2.79.